The Hall–Kier alpha value is -3.44. The van der Waals surface area contributed by atoms with Crippen molar-refractivity contribution in [3.63, 3.8) is 0 Å². The lowest BCUT2D eigenvalue weighted by molar-refractivity contribution is 0.0990. The van der Waals surface area contributed by atoms with Crippen molar-refractivity contribution in [2.75, 3.05) is 6.61 Å². The predicted octanol–water partition coefficient (Wildman–Crippen LogP) is 5.95. The summed E-state index contributed by atoms with van der Waals surface area (Å²) in [7, 11) is 0. The summed E-state index contributed by atoms with van der Waals surface area (Å²) in [6, 6.07) is 22.7. The quantitative estimate of drug-likeness (QED) is 0.267. The Morgan fingerprint density at radius 1 is 0.871 bits per heavy atom. The summed E-state index contributed by atoms with van der Waals surface area (Å²) >= 11 is 3.53. The molecule has 0 bridgehead atoms. The van der Waals surface area contributed by atoms with E-state index in [1.165, 1.54) is 0 Å². The van der Waals surface area contributed by atoms with Crippen LogP contribution in [0.2, 0.25) is 0 Å². The molecule has 0 saturated heterocycles. The van der Waals surface area contributed by atoms with Gasteiger partial charge in [0.05, 0.1) is 12.1 Å². The maximum atomic E-state index is 12.8. The van der Waals surface area contributed by atoms with Gasteiger partial charge in [0.15, 0.2) is 11.6 Å². The number of nitrogens with zero attached hydrogens (tertiary/aromatic N) is 1. The summed E-state index contributed by atoms with van der Waals surface area (Å²) in [4.78, 5) is 25.7. The van der Waals surface area contributed by atoms with Crippen LogP contribution in [0.1, 0.15) is 26.3 Å². The Balaban J connectivity index is 1.49. The van der Waals surface area contributed by atoms with Crippen molar-refractivity contribution in [2.24, 2.45) is 0 Å². The van der Waals surface area contributed by atoms with E-state index in [4.69, 9.17) is 4.74 Å². The fourth-order valence-corrected chi connectivity index (χ4v) is 4.30. The molecule has 3 aromatic carbocycles. The van der Waals surface area contributed by atoms with E-state index in [1.54, 1.807) is 30.3 Å². The zero-order valence-corrected chi connectivity index (χ0v) is 18.1. The monoisotopic (exact) mass is 471 g/mol. The lowest BCUT2D eigenvalue weighted by atomic mass is 10.1. The largest absolute Gasteiger partial charge is 0.492 e. The van der Waals surface area contributed by atoms with Gasteiger partial charge in [-0.15, -0.1) is 0 Å². The molecule has 0 saturated carbocycles. The first-order valence-corrected chi connectivity index (χ1v) is 10.8. The second kappa shape index (κ2) is 8.00. The second-order valence-corrected chi connectivity index (χ2v) is 8.28. The van der Waals surface area contributed by atoms with E-state index in [2.05, 4.69) is 20.5 Å². The van der Waals surface area contributed by atoms with Crippen LogP contribution in [0.15, 0.2) is 89.0 Å². The highest BCUT2D eigenvalue weighted by Crippen LogP contribution is 2.31. The van der Waals surface area contributed by atoms with Gasteiger partial charge in [0.1, 0.15) is 12.4 Å². The molecule has 0 atom stereocenters. The van der Waals surface area contributed by atoms with Gasteiger partial charge in [-0.25, -0.2) is 0 Å². The van der Waals surface area contributed by atoms with E-state index in [0.29, 0.717) is 24.3 Å². The fourth-order valence-electron chi connectivity index (χ4n) is 3.93. The number of para-hydroxylation sites is 1. The van der Waals surface area contributed by atoms with Gasteiger partial charge in [0.2, 0.25) is 0 Å². The Bertz CT molecular complexity index is 1310. The molecule has 31 heavy (non-hydrogen) atoms. The Morgan fingerprint density at radius 2 is 1.55 bits per heavy atom. The van der Waals surface area contributed by atoms with Crippen molar-refractivity contribution < 1.29 is 14.3 Å². The van der Waals surface area contributed by atoms with Gasteiger partial charge in [0, 0.05) is 38.3 Å². The molecule has 1 aliphatic carbocycles. The van der Waals surface area contributed by atoms with Gasteiger partial charge in [-0.05, 0) is 36.4 Å². The number of aromatic nitrogens is 1. The number of fused-ring (bicyclic) bond motifs is 2. The average molecular weight is 472 g/mol. The molecule has 0 unspecified atom stereocenters. The number of hydrogen-bond donors (Lipinski definition) is 0. The van der Waals surface area contributed by atoms with E-state index in [-0.39, 0.29) is 17.1 Å². The SMILES string of the molecule is O=C1C(=Cc2cn(CCOc3ccccc3)c3ccc(Br)cc23)C(=O)c2ccccc21. The first kappa shape index (κ1) is 19.5. The highest BCUT2D eigenvalue weighted by Gasteiger charge is 2.32. The molecular formula is C26H18BrNO3. The van der Waals surface area contributed by atoms with Gasteiger partial charge in [-0.3, -0.25) is 9.59 Å². The molecule has 4 aromatic rings. The van der Waals surface area contributed by atoms with Gasteiger partial charge in [0.25, 0.3) is 0 Å². The summed E-state index contributed by atoms with van der Waals surface area (Å²) < 4.78 is 8.87. The van der Waals surface area contributed by atoms with E-state index >= 15 is 0 Å². The number of hydrogen-bond acceptors (Lipinski definition) is 3. The molecule has 1 aliphatic rings. The molecule has 0 N–H and O–H groups in total. The summed E-state index contributed by atoms with van der Waals surface area (Å²) in [6.07, 6.45) is 3.69. The second-order valence-electron chi connectivity index (χ2n) is 7.36. The Kier molecular flexibility index (Phi) is 5.04. The van der Waals surface area contributed by atoms with E-state index < -0.39 is 0 Å². The molecule has 4 nitrogen and oxygen atoms in total. The number of allylic oxidation sites excluding steroid dienone is 1. The minimum atomic E-state index is -0.219. The summed E-state index contributed by atoms with van der Waals surface area (Å²) in [5.74, 6) is 0.386. The maximum absolute atomic E-state index is 12.8. The van der Waals surface area contributed by atoms with Crippen molar-refractivity contribution in [3.8, 4) is 5.75 Å². The van der Waals surface area contributed by atoms with Gasteiger partial charge < -0.3 is 9.30 Å². The summed E-state index contributed by atoms with van der Waals surface area (Å²) in [5, 5.41) is 0.971. The first-order chi connectivity index (χ1) is 15.1. The summed E-state index contributed by atoms with van der Waals surface area (Å²) in [5.41, 5.74) is 3.00. The average Bonchev–Trinajstić information content (AvgIpc) is 3.25. The van der Waals surface area contributed by atoms with Crippen LogP contribution in [0.25, 0.3) is 17.0 Å². The molecule has 0 radical (unpaired) electrons. The number of ether oxygens (including phenoxy) is 1. The van der Waals surface area contributed by atoms with Crippen LogP contribution in [0.3, 0.4) is 0 Å². The molecule has 0 spiro atoms. The molecule has 0 fully saturated rings. The predicted molar refractivity (Wildman–Crippen MR) is 125 cm³/mol. The normalized spacial score (nSPS) is 13.0. The molecule has 0 amide bonds. The number of halogens is 1. The minimum Gasteiger partial charge on any atom is -0.492 e. The molecule has 5 heteroatoms. The Labute approximate surface area is 187 Å². The van der Waals surface area contributed by atoms with E-state index in [1.807, 2.05) is 54.7 Å². The van der Waals surface area contributed by atoms with Gasteiger partial charge in [-0.2, -0.15) is 0 Å². The topological polar surface area (TPSA) is 48.3 Å². The Morgan fingerprint density at radius 3 is 2.26 bits per heavy atom. The number of carbonyl (C=O) groups is 2. The third-order valence-electron chi connectivity index (χ3n) is 5.42. The highest BCUT2D eigenvalue weighted by molar-refractivity contribution is 9.10. The molecule has 152 valence electrons. The molecule has 0 aliphatic heterocycles. The van der Waals surface area contributed by atoms with Crippen LogP contribution >= 0.6 is 15.9 Å². The number of benzene rings is 3. The van der Waals surface area contributed by atoms with Crippen LogP contribution in [0.5, 0.6) is 5.75 Å². The zero-order chi connectivity index (χ0) is 21.4. The number of rotatable bonds is 5. The molecule has 1 heterocycles. The van der Waals surface area contributed by atoms with Crippen LogP contribution in [-0.2, 0) is 6.54 Å². The van der Waals surface area contributed by atoms with Crippen molar-refractivity contribution in [1.82, 2.24) is 4.57 Å². The summed E-state index contributed by atoms with van der Waals surface area (Å²) in [6.45, 7) is 1.14. The number of Topliss-reactive ketones (excluding diaryl/α,β-unsaturated/α-hetero) is 2. The molecule has 1 aromatic heterocycles. The third-order valence-corrected chi connectivity index (χ3v) is 5.92. The van der Waals surface area contributed by atoms with Gasteiger partial charge in [-0.1, -0.05) is 58.4 Å². The van der Waals surface area contributed by atoms with Crippen LogP contribution in [0.4, 0.5) is 0 Å². The van der Waals surface area contributed by atoms with Crippen LogP contribution in [-0.4, -0.2) is 22.7 Å². The van der Waals surface area contributed by atoms with Crippen molar-refractivity contribution in [2.45, 2.75) is 6.54 Å². The smallest absolute Gasteiger partial charge is 0.197 e. The minimum absolute atomic E-state index is 0.209. The fraction of sp³-hybridized carbons (Fsp3) is 0.0769. The van der Waals surface area contributed by atoms with Gasteiger partial charge >= 0.3 is 0 Å². The van der Waals surface area contributed by atoms with Crippen molar-refractivity contribution in [1.29, 1.82) is 0 Å². The number of carbonyl (C=O) groups excluding carboxylic acids is 2. The molecule has 5 rings (SSSR count). The zero-order valence-electron chi connectivity index (χ0n) is 16.5. The van der Waals surface area contributed by atoms with E-state index in [0.717, 1.165) is 26.7 Å². The van der Waals surface area contributed by atoms with Crippen molar-refractivity contribution in [3.05, 3.63) is 106 Å². The maximum Gasteiger partial charge on any atom is 0.197 e. The van der Waals surface area contributed by atoms with E-state index in [9.17, 15) is 9.59 Å². The van der Waals surface area contributed by atoms with Crippen LogP contribution in [0, 0.1) is 0 Å². The third kappa shape index (κ3) is 3.62. The molecular weight excluding hydrogens is 454 g/mol. The van der Waals surface area contributed by atoms with Crippen LogP contribution < -0.4 is 4.74 Å². The first-order valence-electron chi connectivity index (χ1n) is 9.98. The van der Waals surface area contributed by atoms with Crippen molar-refractivity contribution >= 4 is 44.5 Å². The standard InChI is InChI=1S/C26H18BrNO3/c27-18-10-11-24-22(15-18)17(16-28(24)12-13-31-19-6-2-1-3-7-19)14-23-25(29)20-8-4-5-9-21(20)26(23)30/h1-11,14-16H,12-13H2. The highest BCUT2D eigenvalue weighted by atomic mass is 79.9. The number of ketones is 2. The lowest BCUT2D eigenvalue weighted by Gasteiger charge is -2.08. The lowest BCUT2D eigenvalue weighted by Crippen LogP contribution is -2.07.